The Hall–Kier alpha value is -6.93. The number of alkyl halides is 24. The van der Waals surface area contributed by atoms with E-state index in [-0.39, 0.29) is 0 Å². The Morgan fingerprint density at radius 3 is 0.747 bits per heavy atom. The van der Waals surface area contributed by atoms with Gasteiger partial charge in [0.05, 0.1) is 44.5 Å². The predicted octanol–water partition coefficient (Wildman–Crippen LogP) is 16.3. The smallest absolute Gasteiger partial charge is 0.194 e. The molecule has 0 spiro atoms. The minimum atomic E-state index is -6.13. The van der Waals surface area contributed by atoms with Crippen LogP contribution in [-0.4, -0.2) is 12.4 Å². The molecule has 422 valence electrons. The topological polar surface area (TPSA) is 17.1 Å². The van der Waals surface area contributed by atoms with Crippen LogP contribution in [0.15, 0.2) is 163 Å². The van der Waals surface area contributed by atoms with E-state index in [2.05, 4.69) is 36.4 Å². The van der Waals surface area contributed by atoms with Gasteiger partial charge in [-0.1, -0.05) is 126 Å². The molecule has 0 saturated carbocycles. The fourth-order valence-corrected chi connectivity index (χ4v) is 10.3. The number of hydrogen-bond donors (Lipinski definition) is 0. The zero-order valence-electron chi connectivity index (χ0n) is 39.2. The summed E-state index contributed by atoms with van der Waals surface area (Å²) in [6, 6.07) is 19.6. The molecule has 1 unspecified atom stereocenters. The molecule has 79 heavy (non-hydrogen) atoms. The van der Waals surface area contributed by atoms with Crippen molar-refractivity contribution in [3.8, 4) is 11.1 Å². The second-order valence-electron chi connectivity index (χ2n) is 17.7. The van der Waals surface area contributed by atoms with Crippen molar-refractivity contribution in [2.24, 2.45) is 0 Å². The highest BCUT2D eigenvalue weighted by atomic mass is 32.2. The van der Waals surface area contributed by atoms with Crippen LogP contribution in [-0.2, 0) is 69.3 Å². The summed E-state index contributed by atoms with van der Waals surface area (Å²) in [4.78, 5) is 0.919. The number of halogens is 24. The van der Waals surface area contributed by atoms with Crippen LogP contribution in [0.4, 0.5) is 105 Å². The SMILES string of the molecule is C[S+](=O)(Cc1ccc(-c2ccccc2)cc1)c1ccccc1.FC(F)(F)c1cc([B-](c2cc(C(F)(F)F)cc(C(F)(F)F)c2)(c2cc(C(F)(F)F)cc(C(F)(F)F)c2)c2cc(C(F)(F)F)cc(C(F)(F)F)c2)cc(C(F)(F)F)c1. The van der Waals surface area contributed by atoms with Gasteiger partial charge in [0.25, 0.3) is 0 Å². The van der Waals surface area contributed by atoms with E-state index in [1.807, 2.05) is 54.8 Å². The van der Waals surface area contributed by atoms with Crippen LogP contribution in [0.3, 0.4) is 0 Å². The second kappa shape index (κ2) is 21.3. The molecule has 0 heterocycles. The Bertz CT molecular complexity index is 2890. The molecular formula is C52H31BF24OS. The van der Waals surface area contributed by atoms with Gasteiger partial charge in [0, 0.05) is 5.56 Å². The van der Waals surface area contributed by atoms with Crippen LogP contribution >= 0.6 is 0 Å². The van der Waals surface area contributed by atoms with Crippen molar-refractivity contribution in [2.45, 2.75) is 60.1 Å². The monoisotopic (exact) mass is 1170 g/mol. The minimum Gasteiger partial charge on any atom is -0.194 e. The van der Waals surface area contributed by atoms with Gasteiger partial charge in [0.1, 0.15) is 28.1 Å². The third-order valence-electron chi connectivity index (χ3n) is 12.2. The summed E-state index contributed by atoms with van der Waals surface area (Å²) in [6.45, 7) is 0. The summed E-state index contributed by atoms with van der Waals surface area (Å²) in [6.07, 6.45) is -53.0. The molecule has 27 heteroatoms. The highest BCUT2D eigenvalue weighted by molar-refractivity contribution is 8.01. The molecule has 0 amide bonds. The first-order valence-electron chi connectivity index (χ1n) is 21.9. The van der Waals surface area contributed by atoms with Gasteiger partial charge in [-0.05, 0) is 47.5 Å². The first-order chi connectivity index (χ1) is 35.9. The van der Waals surface area contributed by atoms with Crippen molar-refractivity contribution in [2.75, 3.05) is 6.26 Å². The van der Waals surface area contributed by atoms with E-state index in [1.165, 1.54) is 11.1 Å². The standard InChI is InChI=1S/C32H12BF24.C20H19OS/c34-25(35,36)13-1-14(26(37,38)39)6-21(5-13)33(22-7-15(27(40,41)42)2-16(8-22)28(43,44)45,23-9-17(29(46,47)48)3-18(10-23)30(49,50)51)24-11-19(31(52,53)54)4-20(12-24)32(55,56)57;1-22(21,20-10-6-3-7-11-20)16-17-12-14-19(15-13-17)18-8-4-2-5-9-18/h1-12H;2-15H,16H2,1H3/q-1;+1. The molecule has 1 nitrogen and oxygen atoms in total. The second-order valence-corrected chi connectivity index (χ2v) is 20.5. The van der Waals surface area contributed by atoms with Crippen molar-refractivity contribution in [3.05, 3.63) is 208 Å². The van der Waals surface area contributed by atoms with Gasteiger partial charge in [0.2, 0.25) is 0 Å². The maximum atomic E-state index is 14.2. The van der Waals surface area contributed by atoms with Crippen molar-refractivity contribution < 1.29 is 110 Å². The largest absolute Gasteiger partial charge is 0.416 e. The Labute approximate surface area is 431 Å². The van der Waals surface area contributed by atoms with Gasteiger partial charge < -0.3 is 0 Å². The molecule has 0 saturated heterocycles. The van der Waals surface area contributed by atoms with E-state index in [0.29, 0.717) is 5.75 Å². The lowest BCUT2D eigenvalue weighted by Gasteiger charge is -2.46. The van der Waals surface area contributed by atoms with Gasteiger partial charge in [0.15, 0.2) is 4.90 Å². The van der Waals surface area contributed by atoms with Gasteiger partial charge in [-0.25, -0.2) is 0 Å². The molecule has 0 aliphatic heterocycles. The summed E-state index contributed by atoms with van der Waals surface area (Å²) < 4.78 is 354. The average molecular weight is 1170 g/mol. The Kier molecular flexibility index (Phi) is 16.5. The summed E-state index contributed by atoms with van der Waals surface area (Å²) in [5.74, 6) is 0.575. The Balaban J connectivity index is 0.000000378. The molecule has 0 aromatic heterocycles. The van der Waals surface area contributed by atoms with E-state index < -0.39 is 205 Å². The summed E-state index contributed by atoms with van der Waals surface area (Å²) in [5, 5.41) is 0. The average Bonchev–Trinajstić information content (AvgIpc) is 3.54. The molecular weight excluding hydrogens is 1140 g/mol. The maximum absolute atomic E-state index is 14.2. The van der Waals surface area contributed by atoms with Crippen molar-refractivity contribution >= 4 is 37.9 Å². The predicted molar refractivity (Wildman–Crippen MR) is 244 cm³/mol. The lowest BCUT2D eigenvalue weighted by Crippen LogP contribution is -2.75. The van der Waals surface area contributed by atoms with E-state index in [0.717, 1.165) is 10.5 Å². The normalized spacial score (nSPS) is 14.1. The summed E-state index contributed by atoms with van der Waals surface area (Å²) >= 11 is 0. The lowest BCUT2D eigenvalue weighted by molar-refractivity contribution is -0.144. The van der Waals surface area contributed by atoms with Crippen LogP contribution in [0.5, 0.6) is 0 Å². The summed E-state index contributed by atoms with van der Waals surface area (Å²) in [5.41, 5.74) is -26.7. The van der Waals surface area contributed by atoms with E-state index in [1.54, 1.807) is 0 Å². The molecule has 0 bridgehead atoms. The molecule has 0 N–H and O–H groups in total. The first kappa shape index (κ1) is 61.3. The van der Waals surface area contributed by atoms with Crippen LogP contribution < -0.4 is 21.9 Å². The van der Waals surface area contributed by atoms with Gasteiger partial charge >= 0.3 is 49.4 Å². The van der Waals surface area contributed by atoms with Gasteiger partial charge in [-0.3, -0.25) is 0 Å². The first-order valence-corrected chi connectivity index (χ1v) is 24.1. The van der Waals surface area contributed by atoms with Gasteiger partial charge in [-0.15, -0.1) is 0 Å². The molecule has 0 radical (unpaired) electrons. The van der Waals surface area contributed by atoms with Crippen molar-refractivity contribution in [3.63, 3.8) is 0 Å². The quantitative estimate of drug-likeness (QED) is 0.0842. The third kappa shape index (κ3) is 14.3. The highest BCUT2D eigenvalue weighted by Gasteiger charge is 2.47. The maximum Gasteiger partial charge on any atom is 0.416 e. The fourth-order valence-electron chi connectivity index (χ4n) is 8.60. The van der Waals surface area contributed by atoms with E-state index in [4.69, 9.17) is 0 Å². The van der Waals surface area contributed by atoms with Crippen LogP contribution in [0.25, 0.3) is 11.1 Å². The molecule has 7 aromatic carbocycles. The number of rotatable bonds is 8. The molecule has 0 aliphatic rings. The van der Waals surface area contributed by atoms with Crippen molar-refractivity contribution in [1.82, 2.24) is 0 Å². The number of hydrogen-bond acceptors (Lipinski definition) is 1. The molecule has 1 atom stereocenters. The zero-order chi connectivity index (χ0) is 59.3. The zero-order valence-corrected chi connectivity index (χ0v) is 40.0. The van der Waals surface area contributed by atoms with E-state index >= 15 is 0 Å². The fraction of sp³-hybridized carbons (Fsp3) is 0.192. The third-order valence-corrected chi connectivity index (χ3v) is 14.3. The molecule has 0 aliphatic carbocycles. The summed E-state index contributed by atoms with van der Waals surface area (Å²) in [7, 11) is -2.04. The minimum absolute atomic E-state index is 0.575. The van der Waals surface area contributed by atoms with E-state index in [9.17, 15) is 110 Å². The Morgan fingerprint density at radius 2 is 0.519 bits per heavy atom. The van der Waals surface area contributed by atoms with Crippen LogP contribution in [0.2, 0.25) is 0 Å². The van der Waals surface area contributed by atoms with Crippen LogP contribution in [0.1, 0.15) is 50.1 Å². The lowest BCUT2D eigenvalue weighted by atomic mass is 9.12. The number of benzene rings is 7. The molecule has 0 fully saturated rings. The highest BCUT2D eigenvalue weighted by Crippen LogP contribution is 2.42. The van der Waals surface area contributed by atoms with Crippen LogP contribution in [0, 0.1) is 0 Å². The molecule has 7 rings (SSSR count). The van der Waals surface area contributed by atoms with Crippen molar-refractivity contribution in [1.29, 1.82) is 0 Å². The van der Waals surface area contributed by atoms with Gasteiger partial charge in [-0.2, -0.15) is 127 Å². The Morgan fingerprint density at radius 1 is 0.304 bits per heavy atom. The molecule has 7 aromatic rings.